The lowest BCUT2D eigenvalue weighted by Gasteiger charge is -2.37. The molecule has 6 rings (SSSR count). The summed E-state index contributed by atoms with van der Waals surface area (Å²) >= 11 is 15.1. The molecule has 0 bridgehead atoms. The van der Waals surface area contributed by atoms with Crippen LogP contribution in [0.2, 0.25) is 0 Å². The molecule has 0 radical (unpaired) electrons. The third-order valence-corrected chi connectivity index (χ3v) is 20.7. The molecule has 2 aromatic carbocycles. The first-order chi connectivity index (χ1) is 42.0. The molecule has 0 aromatic heterocycles. The van der Waals surface area contributed by atoms with Crippen LogP contribution in [0.25, 0.3) is 0 Å². The Morgan fingerprint density at radius 1 is 0.472 bits per heavy atom. The number of nitrogens with two attached hydrogens (primary N) is 1. The van der Waals surface area contributed by atoms with Crippen LogP contribution in [0.1, 0.15) is 244 Å². The number of amides is 3. The highest BCUT2D eigenvalue weighted by atomic mass is 35.5. The molecule has 0 unspecified atom stereocenters. The smallest absolute Gasteiger partial charge is 0.242 e. The van der Waals surface area contributed by atoms with Gasteiger partial charge in [-0.05, 0) is 191 Å². The predicted octanol–water partition coefficient (Wildman–Crippen LogP) is 17.6. The van der Waals surface area contributed by atoms with Crippen molar-refractivity contribution >= 4 is 69.3 Å². The van der Waals surface area contributed by atoms with E-state index in [1.807, 2.05) is 60.7 Å². The molecule has 0 saturated heterocycles. The summed E-state index contributed by atoms with van der Waals surface area (Å²) in [4.78, 5) is 78.9. The third kappa shape index (κ3) is 29.2. The Morgan fingerprint density at radius 2 is 0.775 bits per heavy atom. The molecule has 89 heavy (non-hydrogen) atoms. The lowest BCUT2D eigenvalue weighted by molar-refractivity contribution is -0.134. The Morgan fingerprint density at radius 3 is 1.08 bits per heavy atom. The number of ketones is 2. The number of rotatable bonds is 24. The minimum Gasteiger partial charge on any atom is -0.348 e. The summed E-state index contributed by atoms with van der Waals surface area (Å²) in [5, 5.41) is 9.30. The summed E-state index contributed by atoms with van der Waals surface area (Å²) in [6.45, 7) is 40.2. The van der Waals surface area contributed by atoms with Gasteiger partial charge in [0, 0.05) is 36.5 Å². The maximum atomic E-state index is 13.5. The Bertz CT molecular complexity index is 2310. The van der Waals surface area contributed by atoms with Crippen LogP contribution < -0.4 is 21.7 Å². The number of carbonyl (C=O) groups excluding carboxylic acids is 6. The summed E-state index contributed by atoms with van der Waals surface area (Å²) in [7, 11) is 0. The number of nitrogens with zero attached hydrogens (tertiary/aromatic N) is 1. The SMILES string of the molecule is CC(C)[C@@H]1CC[C@@H](C)C[C@H]1C(=O)CC[C@@H](NC(=O)[C@@H](C)N)c1ccccc1.CC(C)[C@@H]1CC[C@@H](C)C[C@H]1C(=O)CC[C@@H](NC(=O)[C@@H](C)NC(=O)[C@@H]1C[C@H](C)CC[C@H]1C(C)C)c1ccccc1.CC(C)[C@@H]1CC[C@@H](C)C[C@H]1C(=O)Cl.CCN(CC)CC.ClCCl. The number of hydrogen-bond donors (Lipinski definition) is 4. The van der Waals surface area contributed by atoms with E-state index in [1.54, 1.807) is 13.8 Å². The molecule has 4 fully saturated rings. The fourth-order valence-electron chi connectivity index (χ4n) is 14.7. The van der Waals surface area contributed by atoms with Crippen molar-refractivity contribution in [3.63, 3.8) is 0 Å². The van der Waals surface area contributed by atoms with E-state index in [2.05, 4.69) is 125 Å². The molecule has 2 aromatic rings. The van der Waals surface area contributed by atoms with Crippen LogP contribution in [-0.2, 0) is 28.8 Å². The average Bonchev–Trinajstić information content (AvgIpc) is 3.71. The molecule has 3 amide bonds. The van der Waals surface area contributed by atoms with E-state index in [1.165, 1.54) is 45.3 Å². The Labute approximate surface area is 557 Å². The predicted molar refractivity (Wildman–Crippen MR) is 375 cm³/mol. The van der Waals surface area contributed by atoms with Gasteiger partial charge >= 0.3 is 0 Å². The van der Waals surface area contributed by atoms with Crippen LogP contribution in [0.4, 0.5) is 0 Å². The number of alkyl halides is 2. The highest BCUT2D eigenvalue weighted by molar-refractivity contribution is 6.64. The van der Waals surface area contributed by atoms with Gasteiger partial charge in [-0.15, -0.1) is 23.2 Å². The molecule has 4 saturated carbocycles. The molecular formula is C75H126Cl3N5O6. The molecule has 4 aliphatic rings. The van der Waals surface area contributed by atoms with E-state index in [-0.39, 0.29) is 64.1 Å². The quantitative estimate of drug-likeness (QED) is 0.0595. The van der Waals surface area contributed by atoms with Gasteiger partial charge in [-0.1, -0.05) is 190 Å². The van der Waals surface area contributed by atoms with Crippen LogP contribution in [0.3, 0.4) is 0 Å². The first kappa shape index (κ1) is 81.7. The van der Waals surface area contributed by atoms with E-state index in [9.17, 15) is 28.8 Å². The van der Waals surface area contributed by atoms with Crippen LogP contribution in [0.15, 0.2) is 60.7 Å². The molecule has 0 aliphatic heterocycles. The monoisotopic (exact) mass is 1300 g/mol. The van der Waals surface area contributed by atoms with Gasteiger partial charge in [0.25, 0.3) is 0 Å². The zero-order valence-electron chi connectivity index (χ0n) is 58.6. The molecule has 11 nitrogen and oxygen atoms in total. The molecular weight excluding hydrogens is 1170 g/mol. The van der Waals surface area contributed by atoms with Crippen LogP contribution >= 0.6 is 34.8 Å². The first-order valence-electron chi connectivity index (χ1n) is 34.9. The van der Waals surface area contributed by atoms with Gasteiger partial charge in [0.05, 0.1) is 23.5 Å². The van der Waals surface area contributed by atoms with Crippen molar-refractivity contribution in [1.29, 1.82) is 0 Å². The lowest BCUT2D eigenvalue weighted by Crippen LogP contribution is -2.49. The second-order valence-electron chi connectivity index (χ2n) is 28.7. The van der Waals surface area contributed by atoms with Gasteiger partial charge < -0.3 is 26.6 Å². The fourth-order valence-corrected chi connectivity index (χ4v) is 15.0. The van der Waals surface area contributed by atoms with Gasteiger partial charge in [0.2, 0.25) is 23.0 Å². The minimum atomic E-state index is -0.631. The van der Waals surface area contributed by atoms with E-state index < -0.39 is 12.1 Å². The van der Waals surface area contributed by atoms with Crippen molar-refractivity contribution in [1.82, 2.24) is 20.9 Å². The zero-order chi connectivity index (χ0) is 67.1. The Kier molecular flexibility index (Phi) is 40.0. The summed E-state index contributed by atoms with van der Waals surface area (Å²) in [5.41, 5.74) is 7.74. The van der Waals surface area contributed by atoms with E-state index in [4.69, 9.17) is 40.5 Å². The molecule has 0 spiro atoms. The highest BCUT2D eigenvalue weighted by Gasteiger charge is 2.39. The minimum absolute atomic E-state index is 0.000449. The Hall–Kier alpha value is -3.35. The van der Waals surface area contributed by atoms with Crippen LogP contribution in [-0.4, -0.2) is 76.5 Å². The van der Waals surface area contributed by atoms with Gasteiger partial charge in [-0.25, -0.2) is 0 Å². The van der Waals surface area contributed by atoms with Gasteiger partial charge in [0.15, 0.2) is 0 Å². The van der Waals surface area contributed by atoms with Crippen molar-refractivity contribution < 1.29 is 28.8 Å². The molecule has 508 valence electrons. The van der Waals surface area contributed by atoms with Gasteiger partial charge in [-0.3, -0.25) is 28.8 Å². The molecule has 5 N–H and O–H groups in total. The lowest BCUT2D eigenvalue weighted by atomic mass is 9.68. The van der Waals surface area contributed by atoms with Crippen molar-refractivity contribution in [2.45, 2.75) is 245 Å². The molecule has 16 atom stereocenters. The third-order valence-electron chi connectivity index (χ3n) is 20.4. The second kappa shape index (κ2) is 43.5. The van der Waals surface area contributed by atoms with Crippen LogP contribution in [0, 0.1) is 94.7 Å². The van der Waals surface area contributed by atoms with E-state index >= 15 is 0 Å². The number of carbonyl (C=O) groups is 6. The zero-order valence-corrected chi connectivity index (χ0v) is 60.8. The number of hydrogen-bond acceptors (Lipinski definition) is 8. The van der Waals surface area contributed by atoms with Gasteiger partial charge in [-0.2, -0.15) is 0 Å². The normalized spacial score (nSPS) is 26.4. The molecule has 14 heteroatoms. The Balaban J connectivity index is 0.000000462. The van der Waals surface area contributed by atoms with E-state index in [0.29, 0.717) is 108 Å². The van der Waals surface area contributed by atoms with Crippen molar-refractivity contribution in [2.24, 2.45) is 100 Å². The maximum absolute atomic E-state index is 13.5. The van der Waals surface area contributed by atoms with Crippen molar-refractivity contribution in [3.05, 3.63) is 71.8 Å². The fraction of sp³-hybridized carbons (Fsp3) is 0.760. The van der Waals surface area contributed by atoms with Crippen molar-refractivity contribution in [3.8, 4) is 0 Å². The number of benzene rings is 2. The number of Topliss-reactive ketones (excluding diaryl/α,β-unsaturated/α-hetero) is 2. The first-order valence-corrected chi connectivity index (χ1v) is 36.4. The highest BCUT2D eigenvalue weighted by Crippen LogP contribution is 2.43. The number of halogens is 3. The second-order valence-corrected chi connectivity index (χ2v) is 29.9. The standard InChI is InChI=1S/C34H54N2O3.C23H36N2O2.C11H19ClO.C6H15N.CH2Cl2/c1-21(2)27-15-13-23(5)19-29(27)32(37)18-17-31(26-11-9-8-10-12-26)36-33(38)25(7)35-34(39)30-20-24(6)14-16-28(30)22(3)4;1-15(2)19-11-10-16(3)14-20(19)22(26)13-12-21(25-23(27)17(4)24)18-8-6-5-7-9-18;1-7(2)9-5-4-8(3)6-10(9)11(12)13;1-4-7(5-2)6-3;2-1-3/h8-12,21-25,27-31H,13-20H2,1-7H3,(H,35,39)(H,36,38);5-9,15-17,19-21H,10-14,24H2,1-4H3,(H,25,27);7-10H,4-6H2,1-3H3;4-6H2,1-3H3;1H2/t23-,24-,25-,27+,28+,29-,30-,31-;16-,17-,19+,20-,21-;8-,9+,10-;;/m111../s1. The molecule has 0 heterocycles. The molecule has 4 aliphatic carbocycles. The topological polar surface area (TPSA) is 168 Å². The van der Waals surface area contributed by atoms with Crippen molar-refractivity contribution in [2.75, 3.05) is 25.0 Å². The summed E-state index contributed by atoms with van der Waals surface area (Å²) in [5.74, 6) is 6.96. The summed E-state index contributed by atoms with van der Waals surface area (Å²) in [6, 6.07) is 18.1. The summed E-state index contributed by atoms with van der Waals surface area (Å²) < 4.78 is 0. The van der Waals surface area contributed by atoms with E-state index in [0.717, 1.165) is 62.5 Å². The number of nitrogens with one attached hydrogen (secondary N) is 3. The largest absolute Gasteiger partial charge is 0.348 e. The maximum Gasteiger partial charge on any atom is 0.242 e. The summed E-state index contributed by atoms with van der Waals surface area (Å²) in [6.07, 6.45) is 15.4. The van der Waals surface area contributed by atoms with Crippen LogP contribution in [0.5, 0.6) is 0 Å². The average molecular weight is 1300 g/mol. The van der Waals surface area contributed by atoms with Gasteiger partial charge in [0.1, 0.15) is 17.6 Å².